The third-order valence-corrected chi connectivity index (χ3v) is 8.25. The Morgan fingerprint density at radius 2 is 1.70 bits per heavy atom. The summed E-state index contributed by atoms with van der Waals surface area (Å²) in [6.45, 7) is 6.00. The van der Waals surface area contributed by atoms with Crippen molar-refractivity contribution in [2.75, 3.05) is 20.3 Å². The van der Waals surface area contributed by atoms with E-state index in [2.05, 4.69) is 26.6 Å². The molecular weight excluding hydrogens is 612 g/mol. The number of hydrogen-bond acceptors (Lipinski definition) is 11. The summed E-state index contributed by atoms with van der Waals surface area (Å²) in [5, 5.41) is 19.2. The summed E-state index contributed by atoms with van der Waals surface area (Å²) in [7, 11) is 1.59. The van der Waals surface area contributed by atoms with Crippen LogP contribution in [-0.2, 0) is 39.8 Å². The van der Waals surface area contributed by atoms with Gasteiger partial charge in [-0.15, -0.1) is 6.58 Å². The van der Waals surface area contributed by atoms with Crippen LogP contribution in [0.15, 0.2) is 77.5 Å². The highest BCUT2D eigenvalue weighted by molar-refractivity contribution is 5.28. The van der Waals surface area contributed by atoms with E-state index in [0.717, 1.165) is 17.5 Å². The van der Waals surface area contributed by atoms with Gasteiger partial charge in [-0.2, -0.15) is 0 Å². The third-order valence-electron chi connectivity index (χ3n) is 8.25. The van der Waals surface area contributed by atoms with E-state index in [0.29, 0.717) is 18.8 Å². The molecule has 47 heavy (non-hydrogen) atoms. The van der Waals surface area contributed by atoms with Gasteiger partial charge in [-0.3, -0.25) is 0 Å². The first-order valence-corrected chi connectivity index (χ1v) is 15.5. The molecule has 0 bridgehead atoms. The molecular formula is C32H40N6O9. The van der Waals surface area contributed by atoms with Gasteiger partial charge in [-0.1, -0.05) is 58.8 Å². The number of azide groups is 2. The van der Waals surface area contributed by atoms with Gasteiger partial charge in [0.15, 0.2) is 18.9 Å². The number of unbranched alkanes of at least 4 members (excludes halogenated alkanes) is 1. The van der Waals surface area contributed by atoms with E-state index < -0.39 is 67.6 Å². The van der Waals surface area contributed by atoms with Crippen molar-refractivity contribution in [2.45, 2.75) is 93.9 Å². The van der Waals surface area contributed by atoms with E-state index in [1.165, 1.54) is 0 Å². The molecule has 0 saturated carbocycles. The predicted molar refractivity (Wildman–Crippen MR) is 167 cm³/mol. The number of allylic oxidation sites excluding steroid dienone is 1. The number of aliphatic hydroxyl groups excluding tert-OH is 1. The lowest BCUT2D eigenvalue weighted by Gasteiger charge is -2.50. The minimum atomic E-state index is -1.34. The zero-order valence-corrected chi connectivity index (χ0v) is 26.3. The Kier molecular flexibility index (Phi) is 12.4. The molecule has 252 valence electrons. The number of ether oxygens (including phenoxy) is 8. The molecule has 1 N–H and O–H groups in total. The molecule has 2 aromatic carbocycles. The minimum Gasteiger partial charge on any atom is -0.497 e. The SMILES string of the molecule is C=CCCCO[C@@H]1O[C@@H](C)[C@@H](O[C@@H]2O[C@@H]3COC(c4ccc(OC)cc4)O[C@H]3[C@H](OCc3ccccc3)[C@@H]2N=[N+]=[N-])[C@@H](O)[C@@H]1N=[N+]=[N-]. The number of benzene rings is 2. The van der Waals surface area contributed by atoms with Crippen molar-refractivity contribution in [3.63, 3.8) is 0 Å². The number of fused-ring (bicyclic) bond motifs is 1. The van der Waals surface area contributed by atoms with Gasteiger partial charge in [0.2, 0.25) is 0 Å². The molecule has 3 saturated heterocycles. The van der Waals surface area contributed by atoms with Crippen molar-refractivity contribution in [1.82, 2.24) is 0 Å². The topological polar surface area (TPSA) is 192 Å². The highest BCUT2D eigenvalue weighted by Crippen LogP contribution is 2.39. The van der Waals surface area contributed by atoms with Crippen LogP contribution in [0.3, 0.4) is 0 Å². The lowest BCUT2D eigenvalue weighted by Crippen LogP contribution is -2.65. The third kappa shape index (κ3) is 8.42. The summed E-state index contributed by atoms with van der Waals surface area (Å²) in [6.07, 6.45) is -5.15. The van der Waals surface area contributed by atoms with Gasteiger partial charge in [0.05, 0.1) is 39.1 Å². The van der Waals surface area contributed by atoms with Gasteiger partial charge in [0.1, 0.15) is 42.2 Å². The maximum atomic E-state index is 11.4. The molecule has 5 rings (SSSR count). The highest BCUT2D eigenvalue weighted by Gasteiger charge is 2.53. The number of aliphatic hydroxyl groups is 1. The molecule has 11 atom stereocenters. The molecule has 0 aliphatic carbocycles. The first-order chi connectivity index (χ1) is 23.0. The monoisotopic (exact) mass is 652 g/mol. The Balaban J connectivity index is 1.38. The molecule has 0 amide bonds. The van der Waals surface area contributed by atoms with E-state index in [1.54, 1.807) is 32.2 Å². The lowest BCUT2D eigenvalue weighted by atomic mass is 9.94. The van der Waals surface area contributed by atoms with Crippen molar-refractivity contribution < 1.29 is 43.0 Å². The second-order valence-corrected chi connectivity index (χ2v) is 11.3. The summed E-state index contributed by atoms with van der Waals surface area (Å²) >= 11 is 0. The maximum Gasteiger partial charge on any atom is 0.184 e. The van der Waals surface area contributed by atoms with Crippen LogP contribution in [0, 0.1) is 0 Å². The van der Waals surface area contributed by atoms with E-state index in [1.807, 2.05) is 42.5 Å². The quantitative estimate of drug-likeness (QED) is 0.0933. The molecule has 0 aromatic heterocycles. The lowest BCUT2D eigenvalue weighted by molar-refractivity contribution is -0.365. The van der Waals surface area contributed by atoms with Crippen molar-refractivity contribution in [1.29, 1.82) is 0 Å². The second kappa shape index (κ2) is 16.9. The smallest absolute Gasteiger partial charge is 0.184 e. The number of hydrogen-bond donors (Lipinski definition) is 1. The molecule has 15 heteroatoms. The van der Waals surface area contributed by atoms with E-state index in [4.69, 9.17) is 37.9 Å². The first kappa shape index (κ1) is 34.6. The average molecular weight is 653 g/mol. The molecule has 0 spiro atoms. The molecule has 3 heterocycles. The number of nitrogens with zero attached hydrogens (tertiary/aromatic N) is 6. The van der Waals surface area contributed by atoms with Crippen LogP contribution in [0.5, 0.6) is 5.75 Å². The normalized spacial score (nSPS) is 33.5. The average Bonchev–Trinajstić information content (AvgIpc) is 3.10. The first-order valence-electron chi connectivity index (χ1n) is 15.5. The Bertz CT molecular complexity index is 1390. The molecule has 3 fully saturated rings. The Morgan fingerprint density at radius 3 is 2.40 bits per heavy atom. The summed E-state index contributed by atoms with van der Waals surface area (Å²) in [4.78, 5) is 5.97. The maximum absolute atomic E-state index is 11.4. The predicted octanol–water partition coefficient (Wildman–Crippen LogP) is 5.25. The van der Waals surface area contributed by atoms with Gasteiger partial charge >= 0.3 is 0 Å². The van der Waals surface area contributed by atoms with Crippen molar-refractivity contribution in [3.8, 4) is 5.75 Å². The molecule has 3 aliphatic heterocycles. The van der Waals surface area contributed by atoms with Gasteiger partial charge in [0, 0.05) is 15.4 Å². The van der Waals surface area contributed by atoms with E-state index in [9.17, 15) is 16.2 Å². The van der Waals surface area contributed by atoms with Gasteiger partial charge in [0.25, 0.3) is 0 Å². The van der Waals surface area contributed by atoms with Crippen LogP contribution in [0.4, 0.5) is 0 Å². The van der Waals surface area contributed by atoms with Crippen LogP contribution in [-0.4, -0.2) is 86.7 Å². The highest BCUT2D eigenvalue weighted by atomic mass is 16.8. The second-order valence-electron chi connectivity index (χ2n) is 11.3. The van der Waals surface area contributed by atoms with E-state index >= 15 is 0 Å². The Morgan fingerprint density at radius 1 is 0.957 bits per heavy atom. The summed E-state index contributed by atoms with van der Waals surface area (Å²) in [5.41, 5.74) is 20.6. The van der Waals surface area contributed by atoms with E-state index in [-0.39, 0.29) is 13.2 Å². The van der Waals surface area contributed by atoms with Crippen LogP contribution < -0.4 is 4.74 Å². The zero-order valence-electron chi connectivity index (χ0n) is 26.3. The fourth-order valence-electron chi connectivity index (χ4n) is 5.84. The summed E-state index contributed by atoms with van der Waals surface area (Å²) in [5.74, 6) is 0.687. The molecule has 2 aromatic rings. The van der Waals surface area contributed by atoms with Crippen LogP contribution in [0.1, 0.15) is 37.2 Å². The molecule has 0 radical (unpaired) electrons. The van der Waals surface area contributed by atoms with Gasteiger partial charge < -0.3 is 43.0 Å². The fraction of sp³-hybridized carbons (Fsp3) is 0.562. The zero-order chi connectivity index (χ0) is 33.2. The number of rotatable bonds is 14. The fourth-order valence-corrected chi connectivity index (χ4v) is 5.84. The molecule has 15 nitrogen and oxygen atoms in total. The van der Waals surface area contributed by atoms with Crippen molar-refractivity contribution in [3.05, 3.63) is 99.3 Å². The van der Waals surface area contributed by atoms with Gasteiger partial charge in [-0.05, 0) is 48.5 Å². The minimum absolute atomic E-state index is 0.108. The molecule has 3 aliphatic rings. The van der Waals surface area contributed by atoms with Crippen LogP contribution >= 0.6 is 0 Å². The van der Waals surface area contributed by atoms with Crippen LogP contribution in [0.2, 0.25) is 0 Å². The standard InChI is InChI=1S/C32H40N6O9/c1-4-5-9-16-41-31-24(35-37-33)26(39)27(19(2)44-31)46-32-25(36-38-34)29(42-17-20-10-7-6-8-11-20)28-23(45-32)18-43-30(47-28)21-12-14-22(40-3)15-13-21/h4,6-8,10-15,19,23-32,39H,1,5,9,16-18H2,2-3H3/t19-,23+,24-,25-,26-,27+,28+,29+,30?,31+,32-/m0/s1. The Hall–Kier alpha value is -3.72. The van der Waals surface area contributed by atoms with Crippen molar-refractivity contribution >= 4 is 0 Å². The molecule has 1 unspecified atom stereocenters. The largest absolute Gasteiger partial charge is 0.497 e. The number of methoxy groups -OCH3 is 1. The van der Waals surface area contributed by atoms with Gasteiger partial charge in [-0.25, -0.2) is 0 Å². The van der Waals surface area contributed by atoms with Crippen LogP contribution in [0.25, 0.3) is 20.9 Å². The van der Waals surface area contributed by atoms with Crippen molar-refractivity contribution in [2.24, 2.45) is 10.2 Å². The Labute approximate surface area is 272 Å². The summed E-state index contributed by atoms with van der Waals surface area (Å²) in [6, 6.07) is 14.7. The summed E-state index contributed by atoms with van der Waals surface area (Å²) < 4.78 is 48.7.